The molecule has 1 fully saturated rings. The van der Waals surface area contributed by atoms with Crippen LogP contribution in [0.4, 0.5) is 0 Å². The zero-order valence-corrected chi connectivity index (χ0v) is 24.1. The van der Waals surface area contributed by atoms with E-state index < -0.39 is 60.5 Å². The summed E-state index contributed by atoms with van der Waals surface area (Å²) in [6.07, 6.45) is -1.95. The number of epoxide rings is 1. The highest BCUT2D eigenvalue weighted by molar-refractivity contribution is 5.96. The van der Waals surface area contributed by atoms with Gasteiger partial charge in [-0.15, -0.1) is 0 Å². The molecule has 1 aliphatic heterocycles. The summed E-state index contributed by atoms with van der Waals surface area (Å²) in [6, 6.07) is 16.1. The number of hydrogen-bond acceptors (Lipinski definition) is 8. The molecular formula is C30H36N4O9. The lowest BCUT2D eigenvalue weighted by Crippen LogP contribution is -2.58. The minimum absolute atomic E-state index is 0.0436. The average molecular weight is 597 g/mol. The number of nitrogens with one attached hydrogen (secondary N) is 3. The van der Waals surface area contributed by atoms with Crippen LogP contribution in [0.2, 0.25) is 0 Å². The van der Waals surface area contributed by atoms with Crippen molar-refractivity contribution in [3.8, 4) is 0 Å². The number of hydrazine groups is 1. The Morgan fingerprint density at radius 1 is 0.860 bits per heavy atom. The largest absolute Gasteiger partial charge is 0.480 e. The summed E-state index contributed by atoms with van der Waals surface area (Å²) >= 11 is 0. The molecule has 13 heteroatoms. The summed E-state index contributed by atoms with van der Waals surface area (Å²) < 4.78 is 10.3. The van der Waals surface area contributed by atoms with Gasteiger partial charge >= 0.3 is 11.9 Å². The fourth-order valence-electron chi connectivity index (χ4n) is 4.03. The van der Waals surface area contributed by atoms with Crippen molar-refractivity contribution in [1.82, 2.24) is 21.1 Å². The number of carboxylic acids is 1. The smallest absolute Gasteiger partial charge is 0.338 e. The molecule has 4 amide bonds. The Hall–Kier alpha value is -4.78. The predicted molar refractivity (Wildman–Crippen MR) is 152 cm³/mol. The summed E-state index contributed by atoms with van der Waals surface area (Å²) in [5, 5.41) is 14.9. The fourth-order valence-corrected chi connectivity index (χ4v) is 4.03. The van der Waals surface area contributed by atoms with Crippen molar-refractivity contribution in [3.05, 3.63) is 71.8 Å². The van der Waals surface area contributed by atoms with Crippen LogP contribution in [0.1, 0.15) is 38.3 Å². The number of esters is 1. The van der Waals surface area contributed by atoms with Gasteiger partial charge in [0.15, 0.2) is 12.2 Å². The predicted octanol–water partition coefficient (Wildman–Crippen LogP) is 0.720. The van der Waals surface area contributed by atoms with Gasteiger partial charge in [0.2, 0.25) is 11.8 Å². The van der Waals surface area contributed by atoms with E-state index >= 15 is 0 Å². The minimum atomic E-state index is -1.44. The van der Waals surface area contributed by atoms with Gasteiger partial charge in [-0.1, -0.05) is 74.5 Å². The first kappa shape index (κ1) is 32.7. The molecule has 13 nitrogen and oxygen atoms in total. The highest BCUT2D eigenvalue weighted by Gasteiger charge is 2.53. The monoisotopic (exact) mass is 596 g/mol. The molecule has 4 atom stereocenters. The minimum Gasteiger partial charge on any atom is -0.480 e. The first-order valence-electron chi connectivity index (χ1n) is 13.8. The Morgan fingerprint density at radius 3 is 2.05 bits per heavy atom. The van der Waals surface area contributed by atoms with Crippen molar-refractivity contribution in [2.75, 3.05) is 6.54 Å². The van der Waals surface area contributed by atoms with Crippen molar-refractivity contribution in [1.29, 1.82) is 0 Å². The van der Waals surface area contributed by atoms with Crippen LogP contribution in [0.15, 0.2) is 60.7 Å². The second-order valence-corrected chi connectivity index (χ2v) is 10.4. The summed E-state index contributed by atoms with van der Waals surface area (Å²) in [7, 11) is 0. The molecule has 0 radical (unpaired) electrons. The highest BCUT2D eigenvalue weighted by Crippen LogP contribution is 2.25. The lowest BCUT2D eigenvalue weighted by Gasteiger charge is -2.26. The molecule has 0 bridgehead atoms. The molecule has 0 aromatic heterocycles. The quantitative estimate of drug-likeness (QED) is 0.139. The second-order valence-electron chi connectivity index (χ2n) is 10.4. The van der Waals surface area contributed by atoms with Gasteiger partial charge in [-0.2, -0.15) is 0 Å². The van der Waals surface area contributed by atoms with E-state index in [9.17, 15) is 33.9 Å². The number of amides is 4. The van der Waals surface area contributed by atoms with Gasteiger partial charge in [-0.05, 0) is 30.4 Å². The number of nitrogens with zero attached hydrogens (tertiary/aromatic N) is 1. The third-order valence-corrected chi connectivity index (χ3v) is 6.50. The number of benzene rings is 2. The molecule has 2 unspecified atom stereocenters. The van der Waals surface area contributed by atoms with Gasteiger partial charge in [0.25, 0.3) is 11.8 Å². The van der Waals surface area contributed by atoms with Gasteiger partial charge in [-0.3, -0.25) is 29.4 Å². The van der Waals surface area contributed by atoms with Crippen LogP contribution in [0.5, 0.6) is 0 Å². The first-order valence-corrected chi connectivity index (χ1v) is 13.8. The van der Waals surface area contributed by atoms with Gasteiger partial charge in [0.1, 0.15) is 25.2 Å². The summed E-state index contributed by atoms with van der Waals surface area (Å²) in [4.78, 5) is 74.9. The maximum absolute atomic E-state index is 13.0. The van der Waals surface area contributed by atoms with Crippen molar-refractivity contribution in [2.24, 2.45) is 5.92 Å². The van der Waals surface area contributed by atoms with E-state index in [1.807, 2.05) is 30.3 Å². The van der Waals surface area contributed by atoms with E-state index in [0.717, 1.165) is 11.1 Å². The van der Waals surface area contributed by atoms with Gasteiger partial charge < -0.3 is 25.2 Å². The zero-order valence-electron chi connectivity index (χ0n) is 24.1. The van der Waals surface area contributed by atoms with Crippen LogP contribution < -0.4 is 16.1 Å². The molecule has 0 spiro atoms. The Kier molecular flexibility index (Phi) is 11.8. The number of ether oxygens (including phenoxy) is 2. The molecule has 0 aliphatic carbocycles. The number of rotatable bonds is 14. The van der Waals surface area contributed by atoms with Crippen LogP contribution in [-0.4, -0.2) is 76.5 Å². The molecular weight excluding hydrogens is 560 g/mol. The Morgan fingerprint density at radius 2 is 1.47 bits per heavy atom. The van der Waals surface area contributed by atoms with E-state index in [4.69, 9.17) is 9.47 Å². The molecule has 4 N–H and O–H groups in total. The van der Waals surface area contributed by atoms with Crippen molar-refractivity contribution in [2.45, 2.75) is 64.5 Å². The number of aliphatic carboxylic acids is 1. The molecule has 1 saturated heterocycles. The second kappa shape index (κ2) is 15.4. The topological polar surface area (TPSA) is 184 Å². The number of carboxylic acid groups (broad SMARTS) is 1. The molecule has 43 heavy (non-hydrogen) atoms. The van der Waals surface area contributed by atoms with Crippen molar-refractivity contribution < 1.29 is 43.3 Å². The average Bonchev–Trinajstić information content (AvgIpc) is 3.78. The normalized spacial score (nSPS) is 16.7. The number of carbonyl (C=O) groups excluding carboxylic acids is 5. The van der Waals surface area contributed by atoms with E-state index in [1.54, 1.807) is 44.2 Å². The summed E-state index contributed by atoms with van der Waals surface area (Å²) in [5.41, 5.74) is 3.87. The Labute approximate surface area is 248 Å². The van der Waals surface area contributed by atoms with Crippen LogP contribution >= 0.6 is 0 Å². The van der Waals surface area contributed by atoms with Crippen LogP contribution in [-0.2, 0) is 51.3 Å². The third kappa shape index (κ3) is 10.2. The molecule has 2 aromatic carbocycles. The maximum atomic E-state index is 13.0. The number of aryl methyl sites for hydroxylation is 1. The maximum Gasteiger partial charge on any atom is 0.338 e. The van der Waals surface area contributed by atoms with Gasteiger partial charge in [0, 0.05) is 6.42 Å². The van der Waals surface area contributed by atoms with Gasteiger partial charge in [-0.25, -0.2) is 9.80 Å². The van der Waals surface area contributed by atoms with Gasteiger partial charge in [0.05, 0.1) is 0 Å². The Bertz CT molecular complexity index is 1300. The van der Waals surface area contributed by atoms with E-state index in [0.29, 0.717) is 11.4 Å². The van der Waals surface area contributed by atoms with Crippen LogP contribution in [0.25, 0.3) is 0 Å². The fraction of sp³-hybridized carbons (Fsp3) is 0.400. The number of carbonyl (C=O) groups is 6. The first-order chi connectivity index (χ1) is 20.5. The van der Waals surface area contributed by atoms with Crippen LogP contribution in [0, 0.1) is 5.92 Å². The van der Waals surface area contributed by atoms with E-state index in [-0.39, 0.29) is 24.9 Å². The lowest BCUT2D eigenvalue weighted by atomic mass is 10.0. The molecule has 230 valence electrons. The van der Waals surface area contributed by atoms with E-state index in [1.165, 1.54) is 6.92 Å². The zero-order chi connectivity index (χ0) is 31.5. The highest BCUT2D eigenvalue weighted by atomic mass is 16.6. The summed E-state index contributed by atoms with van der Waals surface area (Å²) in [6.45, 7) is 3.83. The third-order valence-electron chi connectivity index (χ3n) is 6.50. The Balaban J connectivity index is 1.52. The summed E-state index contributed by atoms with van der Waals surface area (Å²) in [5.74, 6) is -5.40. The number of hydrogen-bond donors (Lipinski definition) is 4. The standard InChI is InChI=1S/C30H36N4O9/c1-18(2)24(32-22(35)15-14-20-10-6-4-7-11-20)28(39)31-19(3)27(38)33-34(16-23(36)37)29(40)25-26(43-25)30(41)42-17-21-12-8-5-9-13-21/h4-13,18-19,24-26H,14-17H2,1-3H3,(H,31,39)(H,32,35)(H,33,38)(H,36,37)/t19-,24-,25?,26?/m0/s1. The molecule has 1 aliphatic rings. The molecule has 3 rings (SSSR count). The molecule has 1 heterocycles. The van der Waals surface area contributed by atoms with E-state index in [2.05, 4.69) is 16.1 Å². The van der Waals surface area contributed by atoms with Crippen molar-refractivity contribution in [3.63, 3.8) is 0 Å². The van der Waals surface area contributed by atoms with Crippen LogP contribution in [0.3, 0.4) is 0 Å². The molecule has 0 saturated carbocycles. The SMILES string of the molecule is CC(C)[C@H](NC(=O)CCc1ccccc1)C(=O)N[C@@H](C)C(=O)NN(CC(=O)O)C(=O)C1OC1C(=O)OCc1ccccc1. The van der Waals surface area contributed by atoms with Crippen molar-refractivity contribution >= 4 is 35.6 Å². The molecule has 2 aromatic rings. The lowest BCUT2D eigenvalue weighted by molar-refractivity contribution is -0.151.